The molecular weight excluding hydrogens is 350 g/mol. The number of anilines is 3. The van der Waals surface area contributed by atoms with E-state index in [-0.39, 0.29) is 12.3 Å². The molecule has 1 amide bonds. The molecule has 0 aliphatic carbocycles. The Kier molecular flexibility index (Phi) is 6.63. The van der Waals surface area contributed by atoms with Crippen LogP contribution in [0.25, 0.3) is 0 Å². The van der Waals surface area contributed by atoms with Gasteiger partial charge in [-0.2, -0.15) is 0 Å². The number of pyridine rings is 1. The van der Waals surface area contributed by atoms with Crippen molar-refractivity contribution in [3.63, 3.8) is 0 Å². The summed E-state index contributed by atoms with van der Waals surface area (Å²) in [4.78, 5) is 16.5. The van der Waals surface area contributed by atoms with Crippen molar-refractivity contribution >= 4 is 23.1 Å². The van der Waals surface area contributed by atoms with Crippen LogP contribution in [0.4, 0.5) is 17.2 Å². The van der Waals surface area contributed by atoms with Crippen molar-refractivity contribution in [1.29, 1.82) is 0 Å². The summed E-state index contributed by atoms with van der Waals surface area (Å²) in [6, 6.07) is 19.4. The lowest BCUT2D eigenvalue weighted by Gasteiger charge is -2.14. The van der Waals surface area contributed by atoms with Crippen LogP contribution in [0.5, 0.6) is 5.75 Å². The van der Waals surface area contributed by atoms with Crippen LogP contribution in [0.1, 0.15) is 24.5 Å². The maximum absolute atomic E-state index is 12.1. The van der Waals surface area contributed by atoms with Gasteiger partial charge in [0.2, 0.25) is 5.91 Å². The highest BCUT2D eigenvalue weighted by molar-refractivity contribution is 5.90. The number of carbonyl (C=O) groups is 1. The largest absolute Gasteiger partial charge is 0.493 e. The van der Waals surface area contributed by atoms with Gasteiger partial charge in [-0.15, -0.1) is 0 Å². The molecule has 2 aromatic carbocycles. The van der Waals surface area contributed by atoms with Gasteiger partial charge in [0, 0.05) is 5.69 Å². The molecule has 3 aromatic rings. The number of aryl methyl sites for hydroxylation is 2. The van der Waals surface area contributed by atoms with Crippen LogP contribution in [-0.2, 0) is 11.2 Å². The van der Waals surface area contributed by atoms with Gasteiger partial charge in [0.25, 0.3) is 0 Å². The van der Waals surface area contributed by atoms with E-state index in [1.807, 2.05) is 42.5 Å². The van der Waals surface area contributed by atoms with Crippen LogP contribution in [0, 0.1) is 6.92 Å². The second-order valence-electron chi connectivity index (χ2n) is 6.48. The van der Waals surface area contributed by atoms with Gasteiger partial charge in [-0.25, -0.2) is 4.98 Å². The molecule has 0 aliphatic rings. The molecule has 0 atom stereocenters. The monoisotopic (exact) mass is 375 g/mol. The lowest BCUT2D eigenvalue weighted by molar-refractivity contribution is -0.116. The van der Waals surface area contributed by atoms with Crippen LogP contribution in [-0.4, -0.2) is 17.5 Å². The van der Waals surface area contributed by atoms with Crippen LogP contribution in [0.3, 0.4) is 0 Å². The molecule has 0 radical (unpaired) electrons. The summed E-state index contributed by atoms with van der Waals surface area (Å²) < 4.78 is 5.55. The highest BCUT2D eigenvalue weighted by Gasteiger charge is 2.07. The number of hydrogen-bond donors (Lipinski definition) is 2. The standard InChI is InChI=1S/C23H25N3O2/c1-3-18-9-7-8-17(2)23(18)26-21-13-12-19(16-24-21)25-22(27)14-15-28-20-10-5-4-6-11-20/h4-13,16H,3,14-15H2,1-2H3,(H,24,26)(H,25,27). The summed E-state index contributed by atoms with van der Waals surface area (Å²) in [6.45, 7) is 4.54. The summed E-state index contributed by atoms with van der Waals surface area (Å²) in [5.74, 6) is 1.40. The molecule has 144 valence electrons. The van der Waals surface area contributed by atoms with Crippen LogP contribution in [0.2, 0.25) is 0 Å². The van der Waals surface area contributed by atoms with E-state index in [4.69, 9.17) is 4.74 Å². The summed E-state index contributed by atoms with van der Waals surface area (Å²) in [7, 11) is 0. The second-order valence-corrected chi connectivity index (χ2v) is 6.48. The van der Waals surface area contributed by atoms with Gasteiger partial charge >= 0.3 is 0 Å². The summed E-state index contributed by atoms with van der Waals surface area (Å²) >= 11 is 0. The Hall–Kier alpha value is -3.34. The fraction of sp³-hybridized carbons (Fsp3) is 0.217. The predicted molar refractivity (Wildman–Crippen MR) is 113 cm³/mol. The lowest BCUT2D eigenvalue weighted by Crippen LogP contribution is -2.15. The average molecular weight is 375 g/mol. The van der Waals surface area contributed by atoms with E-state index in [1.54, 1.807) is 6.20 Å². The molecular formula is C23H25N3O2. The van der Waals surface area contributed by atoms with Gasteiger partial charge in [0.1, 0.15) is 11.6 Å². The first-order chi connectivity index (χ1) is 13.7. The van der Waals surface area contributed by atoms with Gasteiger partial charge < -0.3 is 15.4 Å². The Balaban J connectivity index is 1.52. The van der Waals surface area contributed by atoms with Crippen molar-refractivity contribution in [3.8, 4) is 5.75 Å². The zero-order valence-electron chi connectivity index (χ0n) is 16.2. The van der Waals surface area contributed by atoms with Crippen molar-refractivity contribution in [3.05, 3.63) is 78.0 Å². The normalized spacial score (nSPS) is 10.4. The van der Waals surface area contributed by atoms with Crippen molar-refractivity contribution in [1.82, 2.24) is 4.98 Å². The summed E-state index contributed by atoms with van der Waals surface area (Å²) in [5.41, 5.74) is 4.18. The Morgan fingerprint density at radius 1 is 1.04 bits per heavy atom. The molecule has 0 aliphatic heterocycles. The smallest absolute Gasteiger partial charge is 0.227 e. The number of ether oxygens (including phenoxy) is 1. The number of rotatable bonds is 8. The number of para-hydroxylation sites is 2. The number of nitrogens with zero attached hydrogens (tertiary/aromatic N) is 1. The average Bonchev–Trinajstić information content (AvgIpc) is 2.71. The van der Waals surface area contributed by atoms with E-state index in [9.17, 15) is 4.79 Å². The molecule has 0 fully saturated rings. The Morgan fingerprint density at radius 3 is 2.57 bits per heavy atom. The minimum Gasteiger partial charge on any atom is -0.493 e. The Morgan fingerprint density at radius 2 is 1.86 bits per heavy atom. The lowest BCUT2D eigenvalue weighted by atomic mass is 10.1. The molecule has 2 N–H and O–H groups in total. The molecule has 5 heteroatoms. The highest BCUT2D eigenvalue weighted by Crippen LogP contribution is 2.25. The molecule has 28 heavy (non-hydrogen) atoms. The van der Waals surface area contributed by atoms with E-state index in [1.165, 1.54) is 11.1 Å². The number of benzene rings is 2. The van der Waals surface area contributed by atoms with Gasteiger partial charge in [-0.1, -0.05) is 43.3 Å². The van der Waals surface area contributed by atoms with Gasteiger partial charge in [-0.05, 0) is 48.7 Å². The molecule has 0 saturated carbocycles. The molecule has 1 heterocycles. The maximum Gasteiger partial charge on any atom is 0.227 e. The third-order valence-electron chi connectivity index (χ3n) is 4.38. The quantitative estimate of drug-likeness (QED) is 0.575. The fourth-order valence-electron chi connectivity index (χ4n) is 2.87. The first-order valence-corrected chi connectivity index (χ1v) is 9.45. The second kappa shape index (κ2) is 9.55. The predicted octanol–water partition coefficient (Wildman–Crippen LogP) is 5.10. The highest BCUT2D eigenvalue weighted by atomic mass is 16.5. The zero-order chi connectivity index (χ0) is 19.8. The molecule has 3 rings (SSSR count). The molecule has 5 nitrogen and oxygen atoms in total. The van der Waals surface area contributed by atoms with Gasteiger partial charge in [0.15, 0.2) is 0 Å². The van der Waals surface area contributed by atoms with E-state index >= 15 is 0 Å². The number of aromatic nitrogens is 1. The van der Waals surface area contributed by atoms with Gasteiger partial charge in [-0.3, -0.25) is 4.79 Å². The minimum absolute atomic E-state index is 0.106. The molecule has 1 aromatic heterocycles. The van der Waals surface area contributed by atoms with Gasteiger partial charge in [0.05, 0.1) is 24.9 Å². The van der Waals surface area contributed by atoms with E-state index in [2.05, 4.69) is 47.7 Å². The van der Waals surface area contributed by atoms with Crippen LogP contribution < -0.4 is 15.4 Å². The summed E-state index contributed by atoms with van der Waals surface area (Å²) in [5, 5.41) is 6.22. The van der Waals surface area contributed by atoms with E-state index in [0.29, 0.717) is 12.3 Å². The SMILES string of the molecule is CCc1cccc(C)c1Nc1ccc(NC(=O)CCOc2ccccc2)cn1. The first-order valence-electron chi connectivity index (χ1n) is 9.45. The third kappa shape index (κ3) is 5.33. The summed E-state index contributed by atoms with van der Waals surface area (Å²) in [6.07, 6.45) is 2.88. The van der Waals surface area contributed by atoms with Crippen LogP contribution >= 0.6 is 0 Å². The number of nitrogens with one attached hydrogen (secondary N) is 2. The third-order valence-corrected chi connectivity index (χ3v) is 4.38. The van der Waals surface area contributed by atoms with Crippen molar-refractivity contribution < 1.29 is 9.53 Å². The van der Waals surface area contributed by atoms with E-state index < -0.39 is 0 Å². The van der Waals surface area contributed by atoms with Crippen molar-refractivity contribution in [2.24, 2.45) is 0 Å². The molecule has 0 unspecified atom stereocenters. The topological polar surface area (TPSA) is 63.2 Å². The van der Waals surface area contributed by atoms with Crippen molar-refractivity contribution in [2.75, 3.05) is 17.2 Å². The first kappa shape index (κ1) is 19.4. The van der Waals surface area contributed by atoms with Crippen LogP contribution in [0.15, 0.2) is 66.9 Å². The van der Waals surface area contributed by atoms with E-state index in [0.717, 1.165) is 23.7 Å². The molecule has 0 spiro atoms. The molecule has 0 saturated heterocycles. The van der Waals surface area contributed by atoms with Crippen molar-refractivity contribution in [2.45, 2.75) is 26.7 Å². The number of amides is 1. The number of carbonyl (C=O) groups excluding carboxylic acids is 1. The Bertz CT molecular complexity index is 909. The zero-order valence-corrected chi connectivity index (χ0v) is 16.2. The Labute approximate surface area is 165 Å². The minimum atomic E-state index is -0.106. The molecule has 0 bridgehead atoms. The maximum atomic E-state index is 12.1. The number of hydrogen-bond acceptors (Lipinski definition) is 4. The fourth-order valence-corrected chi connectivity index (χ4v) is 2.87.